The Morgan fingerprint density at radius 1 is 0.571 bits per heavy atom. The van der Waals surface area contributed by atoms with Gasteiger partial charge >= 0.3 is 29.8 Å². The number of carbonyl (C=O) groups excluding carboxylic acids is 4. The number of guanidine groups is 1. The number of aliphatic carboxylic acids is 5. The third-order valence-corrected chi connectivity index (χ3v) is 8.32. The van der Waals surface area contributed by atoms with Gasteiger partial charge in [0.15, 0.2) is 5.96 Å². The van der Waals surface area contributed by atoms with Gasteiger partial charge in [0.05, 0.1) is 25.3 Å². The monoisotopic (exact) mass is 741 g/mol. The van der Waals surface area contributed by atoms with Gasteiger partial charge in [-0.3, -0.25) is 43.8 Å². The van der Waals surface area contributed by atoms with Crippen molar-refractivity contribution >= 4 is 81.0 Å². The van der Waals surface area contributed by atoms with Gasteiger partial charge in [-0.05, 0) is 12.8 Å². The summed E-state index contributed by atoms with van der Waals surface area (Å²) in [5.74, 6) is -13.4. The van der Waals surface area contributed by atoms with Crippen molar-refractivity contribution in [1.29, 1.82) is 5.41 Å². The van der Waals surface area contributed by atoms with Crippen LogP contribution >= 0.6 is 21.6 Å². The number of amides is 4. The van der Waals surface area contributed by atoms with Crippen LogP contribution < -0.4 is 43.8 Å². The molecule has 0 aromatic carbocycles. The lowest BCUT2D eigenvalue weighted by Gasteiger charge is -2.25. The molecule has 17 N–H and O–H groups in total. The van der Waals surface area contributed by atoms with Gasteiger partial charge in [-0.25, -0.2) is 4.79 Å². The molecule has 0 saturated carbocycles. The van der Waals surface area contributed by atoms with Gasteiger partial charge in [0.25, 0.3) is 0 Å². The summed E-state index contributed by atoms with van der Waals surface area (Å²) in [6, 6.07) is -10.0. The van der Waals surface area contributed by atoms with Crippen LogP contribution in [0.2, 0.25) is 0 Å². The Morgan fingerprint density at radius 2 is 1.00 bits per heavy atom. The number of carboxylic acids is 5. The van der Waals surface area contributed by atoms with E-state index in [2.05, 4.69) is 16.0 Å². The average Bonchev–Trinajstić information content (AvgIpc) is 2.97. The van der Waals surface area contributed by atoms with Crippen LogP contribution in [0.5, 0.6) is 0 Å². The maximum atomic E-state index is 13.1. The van der Waals surface area contributed by atoms with Crippen LogP contribution in [0.3, 0.4) is 0 Å². The van der Waals surface area contributed by atoms with Gasteiger partial charge in [0.2, 0.25) is 23.6 Å². The Kier molecular flexibility index (Phi) is 20.4. The van der Waals surface area contributed by atoms with Crippen LogP contribution in [0.4, 0.5) is 0 Å². The second-order valence-electron chi connectivity index (χ2n) is 9.98. The summed E-state index contributed by atoms with van der Waals surface area (Å²) in [6.07, 6.45) is -3.22. The van der Waals surface area contributed by atoms with Crippen molar-refractivity contribution < 1.29 is 68.7 Å². The van der Waals surface area contributed by atoms with E-state index in [1.54, 1.807) is 0 Å². The van der Waals surface area contributed by atoms with Crippen LogP contribution in [0.1, 0.15) is 32.1 Å². The molecule has 0 bridgehead atoms. The Labute approximate surface area is 285 Å². The molecular formula is C24H39N9O14S2. The van der Waals surface area contributed by atoms with Crippen molar-refractivity contribution in [2.24, 2.45) is 17.2 Å². The van der Waals surface area contributed by atoms with Crippen molar-refractivity contribution in [1.82, 2.24) is 26.6 Å². The topological polar surface area (TPSA) is 417 Å². The van der Waals surface area contributed by atoms with Gasteiger partial charge in [-0.15, -0.1) is 0 Å². The number of hydrogen-bond donors (Lipinski definition) is 14. The minimum absolute atomic E-state index is 0.0194. The summed E-state index contributed by atoms with van der Waals surface area (Å²) < 4.78 is 0. The summed E-state index contributed by atoms with van der Waals surface area (Å²) in [4.78, 5) is 108. The third kappa shape index (κ3) is 19.5. The van der Waals surface area contributed by atoms with E-state index in [1.165, 1.54) is 0 Å². The number of nitrogens with two attached hydrogens (primary N) is 3. The van der Waals surface area contributed by atoms with Crippen LogP contribution in [0.25, 0.3) is 0 Å². The lowest BCUT2D eigenvalue weighted by atomic mass is 10.1. The van der Waals surface area contributed by atoms with Crippen LogP contribution in [0, 0.1) is 5.41 Å². The zero-order chi connectivity index (χ0) is 37.8. The molecule has 0 aliphatic heterocycles. The zero-order valence-corrected chi connectivity index (χ0v) is 27.2. The van der Waals surface area contributed by atoms with Gasteiger partial charge < -0.3 is 69.3 Å². The smallest absolute Gasteiger partial charge is 0.327 e. The molecule has 4 amide bonds. The van der Waals surface area contributed by atoms with E-state index in [0.29, 0.717) is 0 Å². The maximum Gasteiger partial charge on any atom is 0.327 e. The highest BCUT2D eigenvalue weighted by molar-refractivity contribution is 8.76. The molecule has 49 heavy (non-hydrogen) atoms. The molecule has 0 fully saturated rings. The fourth-order valence-corrected chi connectivity index (χ4v) is 5.69. The lowest BCUT2D eigenvalue weighted by Crippen LogP contribution is -2.59. The van der Waals surface area contributed by atoms with Crippen LogP contribution in [0.15, 0.2) is 0 Å². The lowest BCUT2D eigenvalue weighted by molar-refractivity contribution is -0.144. The second kappa shape index (κ2) is 22.6. The molecule has 0 radical (unpaired) electrons. The zero-order valence-electron chi connectivity index (χ0n) is 25.6. The molecule has 0 aromatic rings. The SMILES string of the molecule is N=C(N)NCCCC(NC(=O)C(N)CC(=O)O)C(=O)NC(CC(=O)O)C(=O)NC(CC(=O)O)C(=O)NC(CSSCC(N)C(=O)O)C(=O)O. The van der Waals surface area contributed by atoms with Gasteiger partial charge in [0, 0.05) is 18.1 Å². The third-order valence-electron chi connectivity index (χ3n) is 5.87. The molecule has 6 unspecified atom stereocenters. The maximum absolute atomic E-state index is 13.1. The van der Waals surface area contributed by atoms with Crippen molar-refractivity contribution in [2.45, 2.75) is 68.4 Å². The van der Waals surface area contributed by atoms with Crippen molar-refractivity contribution in [3.8, 4) is 0 Å². The quantitative estimate of drug-likeness (QED) is 0.0180. The molecule has 0 aliphatic carbocycles. The first kappa shape index (κ1) is 44.1. The number of carbonyl (C=O) groups is 9. The van der Waals surface area contributed by atoms with E-state index in [1.807, 2.05) is 10.6 Å². The first-order valence-corrected chi connectivity index (χ1v) is 16.4. The van der Waals surface area contributed by atoms with Gasteiger partial charge in [0.1, 0.15) is 30.2 Å². The minimum atomic E-state index is -1.99. The second-order valence-corrected chi connectivity index (χ2v) is 12.5. The molecule has 0 aliphatic rings. The summed E-state index contributed by atoms with van der Waals surface area (Å²) in [6.45, 7) is 0.0194. The Bertz CT molecular complexity index is 1260. The van der Waals surface area contributed by atoms with E-state index < -0.39 is 115 Å². The van der Waals surface area contributed by atoms with Crippen LogP contribution in [-0.2, 0) is 43.2 Å². The fraction of sp³-hybridized carbons (Fsp3) is 0.583. The summed E-state index contributed by atoms with van der Waals surface area (Å²) in [7, 11) is 1.71. The first-order chi connectivity index (χ1) is 22.7. The number of nitrogens with one attached hydrogen (secondary N) is 6. The highest BCUT2D eigenvalue weighted by Gasteiger charge is 2.34. The van der Waals surface area contributed by atoms with E-state index in [0.717, 1.165) is 21.6 Å². The van der Waals surface area contributed by atoms with Crippen molar-refractivity contribution in [3.63, 3.8) is 0 Å². The Hall–Kier alpha value is -4.88. The number of hydrogen-bond acceptors (Lipinski definition) is 14. The predicted octanol–water partition coefficient (Wildman–Crippen LogP) is -5.18. The fourth-order valence-electron chi connectivity index (χ4n) is 3.43. The summed E-state index contributed by atoms with van der Waals surface area (Å²) in [5.41, 5.74) is 16.1. The van der Waals surface area contributed by atoms with E-state index in [4.69, 9.17) is 32.8 Å². The highest BCUT2D eigenvalue weighted by Crippen LogP contribution is 2.22. The molecule has 276 valence electrons. The van der Waals surface area contributed by atoms with E-state index >= 15 is 0 Å². The summed E-state index contributed by atoms with van der Waals surface area (Å²) >= 11 is 0. The minimum Gasteiger partial charge on any atom is -0.481 e. The highest BCUT2D eigenvalue weighted by atomic mass is 33.1. The molecular weight excluding hydrogens is 702 g/mol. The standard InChI is InChI=1S/C24H39N9O14S2/c25-9(4-15(34)35)18(40)30-11(2-1-3-29-24(27)28)19(41)31-12(5-16(36)37)20(42)32-13(6-17(38)39)21(43)33-14(23(46)47)8-49-48-7-10(26)22(44)45/h9-14H,1-8,25-26H2,(H,30,40)(H,31,41)(H,32,42)(H,33,43)(H,34,35)(H,36,37)(H,38,39)(H,44,45)(H,46,47)(H4,27,28,29). The molecule has 0 aromatic heterocycles. The molecule has 25 heteroatoms. The molecule has 6 atom stereocenters. The summed E-state index contributed by atoms with van der Waals surface area (Å²) in [5, 5.41) is 63.7. The van der Waals surface area contributed by atoms with Crippen molar-refractivity contribution in [2.75, 3.05) is 18.1 Å². The number of rotatable bonds is 25. The molecule has 23 nitrogen and oxygen atoms in total. The normalized spacial score (nSPS) is 14.3. The van der Waals surface area contributed by atoms with Crippen molar-refractivity contribution in [3.05, 3.63) is 0 Å². The molecule has 0 rings (SSSR count). The predicted molar refractivity (Wildman–Crippen MR) is 170 cm³/mol. The van der Waals surface area contributed by atoms with E-state index in [-0.39, 0.29) is 30.9 Å². The van der Waals surface area contributed by atoms with Gasteiger partial charge in [-0.2, -0.15) is 0 Å². The Balaban J connectivity index is 5.91. The largest absolute Gasteiger partial charge is 0.481 e. The molecule has 0 saturated heterocycles. The first-order valence-electron chi connectivity index (χ1n) is 13.9. The number of carboxylic acid groups (broad SMARTS) is 5. The van der Waals surface area contributed by atoms with Crippen LogP contribution in [-0.4, -0.2) is 139 Å². The molecule has 0 heterocycles. The van der Waals surface area contributed by atoms with E-state index in [9.17, 15) is 58.5 Å². The Morgan fingerprint density at radius 3 is 1.43 bits per heavy atom. The van der Waals surface area contributed by atoms with Gasteiger partial charge in [-0.1, -0.05) is 21.6 Å². The average molecular weight is 742 g/mol. The molecule has 0 spiro atoms.